The average Bonchev–Trinajstić information content (AvgIpc) is 2.63. The van der Waals surface area contributed by atoms with Crippen LogP contribution in [0.4, 0.5) is 5.13 Å². The molecule has 0 aliphatic rings. The van der Waals surface area contributed by atoms with Crippen molar-refractivity contribution >= 4 is 28.3 Å². The molecule has 6 heteroatoms. The van der Waals surface area contributed by atoms with Crippen LogP contribution in [0.5, 0.6) is 0 Å². The highest BCUT2D eigenvalue weighted by Crippen LogP contribution is 2.17. The quantitative estimate of drug-likeness (QED) is 0.817. The van der Waals surface area contributed by atoms with Gasteiger partial charge in [-0.1, -0.05) is 20.3 Å². The number of nitrogens with zero attached hydrogens (tertiary/aromatic N) is 1. The lowest BCUT2D eigenvalue weighted by Gasteiger charge is -2.06. The first-order valence-electron chi connectivity index (χ1n) is 5.47. The van der Waals surface area contributed by atoms with Gasteiger partial charge in [-0.05, 0) is 5.92 Å². The van der Waals surface area contributed by atoms with Gasteiger partial charge in [0.1, 0.15) is 0 Å². The number of hydrogen-bond acceptors (Lipinski definition) is 4. The standard InChI is InChI=1S/C11H16N2O3S/c1-3-7(2)4-9(14)13-11-12-8(6-17-11)5-10(15)16/h6-7H,3-5H2,1-2H3,(H,15,16)(H,12,13,14). The molecule has 0 saturated carbocycles. The molecule has 0 fully saturated rings. The van der Waals surface area contributed by atoms with E-state index in [-0.39, 0.29) is 12.3 Å². The summed E-state index contributed by atoms with van der Waals surface area (Å²) in [6.07, 6.45) is 1.30. The van der Waals surface area contributed by atoms with Crippen molar-refractivity contribution in [3.8, 4) is 0 Å². The van der Waals surface area contributed by atoms with E-state index >= 15 is 0 Å². The van der Waals surface area contributed by atoms with E-state index in [0.29, 0.717) is 23.2 Å². The summed E-state index contributed by atoms with van der Waals surface area (Å²) in [6, 6.07) is 0. The molecule has 0 radical (unpaired) electrons. The highest BCUT2D eigenvalue weighted by atomic mass is 32.1. The summed E-state index contributed by atoms with van der Waals surface area (Å²) in [4.78, 5) is 26.0. The van der Waals surface area contributed by atoms with E-state index in [9.17, 15) is 9.59 Å². The third kappa shape index (κ3) is 4.95. The lowest BCUT2D eigenvalue weighted by atomic mass is 10.1. The van der Waals surface area contributed by atoms with Crippen LogP contribution in [0.25, 0.3) is 0 Å². The van der Waals surface area contributed by atoms with Gasteiger partial charge in [-0.2, -0.15) is 0 Å². The Kier molecular flexibility index (Phi) is 5.09. The van der Waals surface area contributed by atoms with E-state index in [1.54, 1.807) is 5.38 Å². The average molecular weight is 256 g/mol. The number of rotatable bonds is 6. The van der Waals surface area contributed by atoms with Gasteiger partial charge in [0.05, 0.1) is 12.1 Å². The fourth-order valence-corrected chi connectivity index (χ4v) is 1.96. The predicted octanol–water partition coefficient (Wildman–Crippen LogP) is 2.14. The van der Waals surface area contributed by atoms with Crippen LogP contribution in [0.3, 0.4) is 0 Å². The van der Waals surface area contributed by atoms with Crippen LogP contribution in [-0.4, -0.2) is 22.0 Å². The number of carbonyl (C=O) groups excluding carboxylic acids is 1. The van der Waals surface area contributed by atoms with Gasteiger partial charge in [0.2, 0.25) is 5.91 Å². The molecule has 0 bridgehead atoms. The van der Waals surface area contributed by atoms with E-state index in [1.165, 1.54) is 11.3 Å². The van der Waals surface area contributed by atoms with Crippen molar-refractivity contribution in [2.24, 2.45) is 5.92 Å². The smallest absolute Gasteiger partial charge is 0.309 e. The van der Waals surface area contributed by atoms with Crippen LogP contribution in [0.15, 0.2) is 5.38 Å². The van der Waals surface area contributed by atoms with Gasteiger partial charge in [0.25, 0.3) is 0 Å². The molecule has 0 aromatic carbocycles. The number of nitrogens with one attached hydrogen (secondary N) is 1. The molecule has 94 valence electrons. The van der Waals surface area contributed by atoms with E-state index in [4.69, 9.17) is 5.11 Å². The van der Waals surface area contributed by atoms with Crippen molar-refractivity contribution in [2.75, 3.05) is 5.32 Å². The van der Waals surface area contributed by atoms with Crippen molar-refractivity contribution < 1.29 is 14.7 Å². The second kappa shape index (κ2) is 6.34. The molecule has 2 N–H and O–H groups in total. The van der Waals surface area contributed by atoms with Crippen LogP contribution in [0, 0.1) is 5.92 Å². The SMILES string of the molecule is CCC(C)CC(=O)Nc1nc(CC(=O)O)cs1. The first kappa shape index (κ1) is 13.6. The topological polar surface area (TPSA) is 79.3 Å². The van der Waals surface area contributed by atoms with Crippen molar-refractivity contribution in [3.63, 3.8) is 0 Å². The number of anilines is 1. The Morgan fingerprint density at radius 2 is 2.29 bits per heavy atom. The minimum absolute atomic E-state index is 0.0735. The van der Waals surface area contributed by atoms with Crippen LogP contribution < -0.4 is 5.32 Å². The molecule has 1 aromatic rings. The number of carboxylic acids is 1. The lowest BCUT2D eigenvalue weighted by Crippen LogP contribution is -2.14. The molecule has 0 aliphatic carbocycles. The zero-order valence-electron chi connectivity index (χ0n) is 9.90. The Balaban J connectivity index is 2.48. The summed E-state index contributed by atoms with van der Waals surface area (Å²) in [5.74, 6) is -0.656. The maximum atomic E-state index is 11.6. The monoisotopic (exact) mass is 256 g/mol. The molecule has 1 aromatic heterocycles. The first-order chi connectivity index (χ1) is 8.01. The Hall–Kier alpha value is -1.43. The molecule has 0 saturated heterocycles. The molecule has 17 heavy (non-hydrogen) atoms. The minimum atomic E-state index is -0.923. The molecule has 0 spiro atoms. The van der Waals surface area contributed by atoms with Gasteiger partial charge < -0.3 is 10.4 Å². The summed E-state index contributed by atoms with van der Waals surface area (Å²) in [7, 11) is 0. The third-order valence-corrected chi connectivity index (χ3v) is 3.17. The Morgan fingerprint density at radius 1 is 1.59 bits per heavy atom. The number of aliphatic carboxylic acids is 1. The Labute approximate surface area is 104 Å². The molecular weight excluding hydrogens is 240 g/mol. The van der Waals surface area contributed by atoms with E-state index in [1.807, 2.05) is 13.8 Å². The summed E-state index contributed by atoms with van der Waals surface area (Å²) < 4.78 is 0. The predicted molar refractivity (Wildman–Crippen MR) is 66.2 cm³/mol. The number of carboxylic acid groups (broad SMARTS) is 1. The van der Waals surface area contributed by atoms with Gasteiger partial charge in [-0.15, -0.1) is 11.3 Å². The number of aromatic nitrogens is 1. The number of amides is 1. The van der Waals surface area contributed by atoms with E-state index < -0.39 is 5.97 Å². The van der Waals surface area contributed by atoms with Crippen molar-refractivity contribution in [3.05, 3.63) is 11.1 Å². The second-order valence-corrected chi connectivity index (χ2v) is 4.84. The lowest BCUT2D eigenvalue weighted by molar-refractivity contribution is -0.136. The maximum Gasteiger partial charge on any atom is 0.309 e. The van der Waals surface area contributed by atoms with Gasteiger partial charge in [0.15, 0.2) is 5.13 Å². The van der Waals surface area contributed by atoms with Crippen LogP contribution in [0.1, 0.15) is 32.4 Å². The highest BCUT2D eigenvalue weighted by molar-refractivity contribution is 7.13. The van der Waals surface area contributed by atoms with E-state index in [2.05, 4.69) is 10.3 Å². The van der Waals surface area contributed by atoms with E-state index in [0.717, 1.165) is 6.42 Å². The minimum Gasteiger partial charge on any atom is -0.481 e. The molecule has 1 rings (SSSR count). The molecular formula is C11H16N2O3S. The van der Waals surface area contributed by atoms with Crippen molar-refractivity contribution in [1.82, 2.24) is 4.98 Å². The van der Waals surface area contributed by atoms with Gasteiger partial charge in [0, 0.05) is 11.8 Å². The molecule has 1 heterocycles. The summed E-state index contributed by atoms with van der Waals surface area (Å²) in [5, 5.41) is 13.4. The summed E-state index contributed by atoms with van der Waals surface area (Å²) in [6.45, 7) is 4.05. The highest BCUT2D eigenvalue weighted by Gasteiger charge is 2.11. The van der Waals surface area contributed by atoms with Crippen LogP contribution in [0.2, 0.25) is 0 Å². The van der Waals surface area contributed by atoms with Crippen LogP contribution in [-0.2, 0) is 16.0 Å². The fraction of sp³-hybridized carbons (Fsp3) is 0.545. The fourth-order valence-electron chi connectivity index (χ4n) is 1.23. The number of carbonyl (C=O) groups is 2. The molecule has 5 nitrogen and oxygen atoms in total. The summed E-state index contributed by atoms with van der Waals surface area (Å²) >= 11 is 1.25. The number of thiazole rings is 1. The zero-order chi connectivity index (χ0) is 12.8. The third-order valence-electron chi connectivity index (χ3n) is 2.36. The molecule has 1 unspecified atom stereocenters. The van der Waals surface area contributed by atoms with Crippen LogP contribution >= 0.6 is 11.3 Å². The molecule has 1 amide bonds. The summed E-state index contributed by atoms with van der Waals surface area (Å²) in [5.41, 5.74) is 0.473. The molecule has 1 atom stereocenters. The molecule has 0 aliphatic heterocycles. The Morgan fingerprint density at radius 3 is 2.88 bits per heavy atom. The van der Waals surface area contributed by atoms with Crippen molar-refractivity contribution in [2.45, 2.75) is 33.1 Å². The van der Waals surface area contributed by atoms with Gasteiger partial charge in [-0.3, -0.25) is 9.59 Å². The number of hydrogen-bond donors (Lipinski definition) is 2. The van der Waals surface area contributed by atoms with Gasteiger partial charge >= 0.3 is 5.97 Å². The van der Waals surface area contributed by atoms with Crippen molar-refractivity contribution in [1.29, 1.82) is 0 Å². The normalized spacial score (nSPS) is 12.1. The second-order valence-electron chi connectivity index (χ2n) is 3.98. The largest absolute Gasteiger partial charge is 0.481 e. The van der Waals surface area contributed by atoms with Gasteiger partial charge in [-0.25, -0.2) is 4.98 Å². The first-order valence-corrected chi connectivity index (χ1v) is 6.35. The maximum absolute atomic E-state index is 11.6. The zero-order valence-corrected chi connectivity index (χ0v) is 10.7. The Bertz CT molecular complexity index is 403.